The Hall–Kier alpha value is -1.36. The summed E-state index contributed by atoms with van der Waals surface area (Å²) < 4.78 is 24.4. The largest absolute Gasteiger partial charge is 0.276 e. The van der Waals surface area contributed by atoms with E-state index in [0.717, 1.165) is 43.4 Å². The minimum absolute atomic E-state index is 0.230. The molecule has 1 spiro atoms. The Bertz CT molecular complexity index is 628. The van der Waals surface area contributed by atoms with Crippen molar-refractivity contribution in [1.29, 1.82) is 0 Å². The van der Waals surface area contributed by atoms with E-state index in [2.05, 4.69) is 9.93 Å². The third kappa shape index (κ3) is 2.59. The minimum Gasteiger partial charge on any atom is -0.200 e. The summed E-state index contributed by atoms with van der Waals surface area (Å²) in [5, 5.41) is 4.25. The molecular formula is C15H20N2O2S. The molecule has 0 unspecified atom stereocenters. The van der Waals surface area contributed by atoms with Gasteiger partial charge in [-0.05, 0) is 51.2 Å². The van der Waals surface area contributed by atoms with E-state index in [1.54, 1.807) is 24.3 Å². The third-order valence-corrected chi connectivity index (χ3v) is 5.64. The molecule has 4 nitrogen and oxygen atoms in total. The lowest BCUT2D eigenvalue weighted by molar-refractivity contribution is 0.511. The van der Waals surface area contributed by atoms with Crippen LogP contribution in [0.15, 0.2) is 34.3 Å². The van der Waals surface area contributed by atoms with E-state index in [-0.39, 0.29) is 10.3 Å². The molecular weight excluding hydrogens is 272 g/mol. The van der Waals surface area contributed by atoms with Crippen LogP contribution in [0.2, 0.25) is 0 Å². The smallest absolute Gasteiger partial charge is 0.200 e. The zero-order chi connectivity index (χ0) is 14.2. The summed E-state index contributed by atoms with van der Waals surface area (Å²) in [6.45, 7) is 1.93. The lowest BCUT2D eigenvalue weighted by Gasteiger charge is -2.23. The third-order valence-electron chi connectivity index (χ3n) is 4.42. The Labute approximate surface area is 120 Å². The number of hydrazone groups is 1. The van der Waals surface area contributed by atoms with E-state index in [0.29, 0.717) is 0 Å². The number of nitrogens with zero attached hydrogens (tertiary/aromatic N) is 1. The lowest BCUT2D eigenvalue weighted by Crippen LogP contribution is -2.26. The van der Waals surface area contributed by atoms with Crippen molar-refractivity contribution >= 4 is 15.7 Å². The maximum Gasteiger partial charge on any atom is 0.276 e. The van der Waals surface area contributed by atoms with Gasteiger partial charge in [-0.25, -0.2) is 4.83 Å². The lowest BCUT2D eigenvalue weighted by atomic mass is 9.84. The van der Waals surface area contributed by atoms with Gasteiger partial charge >= 0.3 is 0 Å². The fraction of sp³-hybridized carbons (Fsp3) is 0.533. The monoisotopic (exact) mass is 292 g/mol. The predicted molar refractivity (Wildman–Crippen MR) is 79.1 cm³/mol. The van der Waals surface area contributed by atoms with Crippen LogP contribution in [0.1, 0.15) is 44.1 Å². The molecule has 1 N–H and O–H groups in total. The zero-order valence-electron chi connectivity index (χ0n) is 11.7. The van der Waals surface area contributed by atoms with Crippen molar-refractivity contribution in [1.82, 2.24) is 4.83 Å². The number of benzene rings is 1. The molecule has 0 aliphatic heterocycles. The first kappa shape index (κ1) is 13.6. The number of rotatable bonds is 3. The van der Waals surface area contributed by atoms with Gasteiger partial charge in [0.2, 0.25) is 0 Å². The summed E-state index contributed by atoms with van der Waals surface area (Å²) in [6.07, 6.45) is 6.78. The highest BCUT2D eigenvalue weighted by Gasteiger charge is 2.48. The Kier molecular flexibility index (Phi) is 3.32. The van der Waals surface area contributed by atoms with Crippen molar-refractivity contribution in [2.75, 3.05) is 0 Å². The summed E-state index contributed by atoms with van der Waals surface area (Å²) in [5.74, 6) is 0. The van der Waals surface area contributed by atoms with Crippen LogP contribution in [-0.2, 0) is 10.0 Å². The predicted octanol–water partition coefficient (Wildman–Crippen LogP) is 2.98. The molecule has 108 valence electrons. The van der Waals surface area contributed by atoms with Crippen LogP contribution >= 0.6 is 0 Å². The topological polar surface area (TPSA) is 58.5 Å². The molecule has 5 heteroatoms. The quantitative estimate of drug-likeness (QED) is 0.871. The molecule has 0 heterocycles. The van der Waals surface area contributed by atoms with E-state index < -0.39 is 10.0 Å². The van der Waals surface area contributed by atoms with E-state index in [9.17, 15) is 8.42 Å². The van der Waals surface area contributed by atoms with Crippen LogP contribution in [0.3, 0.4) is 0 Å². The fourth-order valence-electron chi connectivity index (χ4n) is 2.91. The van der Waals surface area contributed by atoms with Gasteiger partial charge in [0.1, 0.15) is 0 Å². The Morgan fingerprint density at radius 2 is 1.80 bits per heavy atom. The first-order chi connectivity index (χ1) is 9.52. The molecule has 0 amide bonds. The first-order valence-corrected chi connectivity index (χ1v) is 8.66. The second-order valence-corrected chi connectivity index (χ2v) is 7.61. The van der Waals surface area contributed by atoms with Gasteiger partial charge in [-0.2, -0.15) is 13.5 Å². The standard InChI is InChI=1S/C15H20N2O2S/c1-12-5-7-13(8-6-12)20(18,19)17-16-14-4-2-3-9-15(14)10-11-15/h5-8,17H,2-4,9-11H2,1H3/b16-14-. The highest BCUT2D eigenvalue weighted by Crippen LogP contribution is 2.54. The number of hydrogen-bond acceptors (Lipinski definition) is 3. The summed E-state index contributed by atoms with van der Waals surface area (Å²) in [5.41, 5.74) is 2.33. The van der Waals surface area contributed by atoms with Crippen molar-refractivity contribution in [2.45, 2.75) is 50.3 Å². The highest BCUT2D eigenvalue weighted by atomic mass is 32.2. The average Bonchev–Trinajstić information content (AvgIpc) is 3.19. The van der Waals surface area contributed by atoms with Crippen molar-refractivity contribution in [3.8, 4) is 0 Å². The van der Waals surface area contributed by atoms with Crippen molar-refractivity contribution in [3.05, 3.63) is 29.8 Å². The molecule has 0 saturated heterocycles. The van der Waals surface area contributed by atoms with Gasteiger partial charge in [0.15, 0.2) is 0 Å². The van der Waals surface area contributed by atoms with E-state index in [1.807, 2.05) is 6.92 Å². The van der Waals surface area contributed by atoms with E-state index in [1.165, 1.54) is 6.42 Å². The van der Waals surface area contributed by atoms with Crippen LogP contribution in [0.4, 0.5) is 0 Å². The van der Waals surface area contributed by atoms with Crippen LogP contribution in [0.5, 0.6) is 0 Å². The summed E-state index contributed by atoms with van der Waals surface area (Å²) in [6, 6.07) is 6.83. The minimum atomic E-state index is -3.54. The van der Waals surface area contributed by atoms with Crippen LogP contribution < -0.4 is 4.83 Å². The normalized spacial score (nSPS) is 22.9. The Morgan fingerprint density at radius 3 is 2.45 bits per heavy atom. The molecule has 0 atom stereocenters. The molecule has 2 saturated carbocycles. The van der Waals surface area contributed by atoms with Gasteiger partial charge in [0, 0.05) is 11.1 Å². The molecule has 2 fully saturated rings. The van der Waals surface area contributed by atoms with Crippen molar-refractivity contribution in [3.63, 3.8) is 0 Å². The Balaban J connectivity index is 1.78. The number of hydrogen-bond donors (Lipinski definition) is 1. The molecule has 2 aliphatic rings. The molecule has 0 radical (unpaired) electrons. The molecule has 20 heavy (non-hydrogen) atoms. The second kappa shape index (κ2) is 4.88. The van der Waals surface area contributed by atoms with Crippen molar-refractivity contribution < 1.29 is 8.42 Å². The van der Waals surface area contributed by atoms with Gasteiger partial charge in [-0.3, -0.25) is 0 Å². The zero-order valence-corrected chi connectivity index (χ0v) is 12.5. The van der Waals surface area contributed by atoms with Crippen LogP contribution in [0.25, 0.3) is 0 Å². The fourth-order valence-corrected chi connectivity index (χ4v) is 3.74. The van der Waals surface area contributed by atoms with E-state index in [4.69, 9.17) is 0 Å². The number of sulfonamides is 1. The molecule has 2 aliphatic carbocycles. The molecule has 1 aromatic carbocycles. The number of aryl methyl sites for hydroxylation is 1. The first-order valence-electron chi connectivity index (χ1n) is 7.17. The number of nitrogens with one attached hydrogen (secondary N) is 1. The van der Waals surface area contributed by atoms with Crippen LogP contribution in [-0.4, -0.2) is 14.1 Å². The molecule has 0 bridgehead atoms. The van der Waals surface area contributed by atoms with Crippen LogP contribution in [0, 0.1) is 12.3 Å². The van der Waals surface area contributed by atoms with Gasteiger partial charge in [-0.15, -0.1) is 0 Å². The maximum atomic E-state index is 12.2. The van der Waals surface area contributed by atoms with Gasteiger partial charge in [0.05, 0.1) is 4.90 Å². The van der Waals surface area contributed by atoms with Gasteiger partial charge < -0.3 is 0 Å². The van der Waals surface area contributed by atoms with Crippen molar-refractivity contribution in [2.24, 2.45) is 10.5 Å². The summed E-state index contributed by atoms with van der Waals surface area (Å²) in [7, 11) is -3.54. The maximum absolute atomic E-state index is 12.2. The summed E-state index contributed by atoms with van der Waals surface area (Å²) in [4.78, 5) is 2.69. The van der Waals surface area contributed by atoms with E-state index >= 15 is 0 Å². The summed E-state index contributed by atoms with van der Waals surface area (Å²) >= 11 is 0. The Morgan fingerprint density at radius 1 is 1.10 bits per heavy atom. The van der Waals surface area contributed by atoms with Gasteiger partial charge in [-0.1, -0.05) is 24.1 Å². The highest BCUT2D eigenvalue weighted by molar-refractivity contribution is 7.89. The van der Waals surface area contributed by atoms with Gasteiger partial charge in [0.25, 0.3) is 10.0 Å². The SMILES string of the molecule is Cc1ccc(S(=O)(=O)N/N=C2/CCCCC23CC3)cc1. The molecule has 3 rings (SSSR count). The average molecular weight is 292 g/mol. The second-order valence-electron chi connectivity index (χ2n) is 5.95. The molecule has 0 aromatic heterocycles. The molecule has 1 aromatic rings.